The Bertz CT molecular complexity index is 629. The van der Waals surface area contributed by atoms with Crippen LogP contribution in [0.1, 0.15) is 85.3 Å². The second-order valence-electron chi connectivity index (χ2n) is 9.99. The molecule has 0 saturated carbocycles. The van der Waals surface area contributed by atoms with E-state index in [1.807, 2.05) is 6.08 Å². The summed E-state index contributed by atoms with van der Waals surface area (Å²) in [4.78, 5) is 0. The molecule has 144 valence electrons. The topological polar surface area (TPSA) is 0 Å². The van der Waals surface area contributed by atoms with Crippen molar-refractivity contribution in [2.24, 2.45) is 16.7 Å². The summed E-state index contributed by atoms with van der Waals surface area (Å²) in [6.45, 7) is 22.3. The van der Waals surface area contributed by atoms with Crippen molar-refractivity contribution in [1.29, 1.82) is 0 Å². The molecule has 0 fully saturated rings. The first-order valence-corrected chi connectivity index (χ1v) is 10.0. The predicted octanol–water partition coefficient (Wildman–Crippen LogP) is 8.42. The Morgan fingerprint density at radius 2 is 1.73 bits per heavy atom. The summed E-state index contributed by atoms with van der Waals surface area (Å²) >= 11 is 0. The lowest BCUT2D eigenvalue weighted by atomic mass is 9.73. The summed E-state index contributed by atoms with van der Waals surface area (Å²) in [7, 11) is 0. The van der Waals surface area contributed by atoms with Crippen LogP contribution in [-0.2, 0) is 0 Å². The zero-order valence-electron chi connectivity index (χ0n) is 18.4. The highest BCUT2D eigenvalue weighted by Crippen LogP contribution is 2.35. The maximum atomic E-state index is 3.87. The Morgan fingerprint density at radius 1 is 1.12 bits per heavy atom. The van der Waals surface area contributed by atoms with Gasteiger partial charge in [0.2, 0.25) is 0 Å². The fourth-order valence-corrected chi connectivity index (χ4v) is 3.35. The van der Waals surface area contributed by atoms with Gasteiger partial charge in [0.25, 0.3) is 0 Å². The van der Waals surface area contributed by atoms with Crippen molar-refractivity contribution in [2.75, 3.05) is 0 Å². The fraction of sp³-hybridized carbons (Fsp3) is 0.538. The minimum atomic E-state index is 0.466. The van der Waals surface area contributed by atoms with Crippen molar-refractivity contribution < 1.29 is 0 Å². The number of hydrogen-bond acceptors (Lipinski definition) is 0. The summed E-state index contributed by atoms with van der Waals surface area (Å²) in [5.41, 5.74) is 5.03. The summed E-state index contributed by atoms with van der Waals surface area (Å²) in [6.07, 6.45) is 10.9. The van der Waals surface area contributed by atoms with Gasteiger partial charge in [-0.15, -0.1) is 0 Å². The molecule has 1 aliphatic carbocycles. The van der Waals surface area contributed by atoms with Gasteiger partial charge in [0, 0.05) is 5.92 Å². The first-order chi connectivity index (χ1) is 12.0. The molecule has 0 aromatic heterocycles. The van der Waals surface area contributed by atoms with Crippen molar-refractivity contribution in [3.63, 3.8) is 0 Å². The van der Waals surface area contributed by atoms with Crippen LogP contribution in [0.4, 0.5) is 0 Å². The molecule has 0 bridgehead atoms. The lowest BCUT2D eigenvalue weighted by Gasteiger charge is -2.32. The summed E-state index contributed by atoms with van der Waals surface area (Å²) in [6, 6.07) is 8.51. The number of hydrogen-bond donors (Lipinski definition) is 0. The highest BCUT2D eigenvalue weighted by molar-refractivity contribution is 5.55. The van der Waals surface area contributed by atoms with E-state index in [1.165, 1.54) is 23.1 Å². The Balaban J connectivity index is 0.000000276. The molecule has 0 heterocycles. The van der Waals surface area contributed by atoms with E-state index in [4.69, 9.17) is 0 Å². The SMILES string of the molecule is C=Cc1ccccc1C1CC=CC=C1C.CC(CC(C)(C)C)C(C)(C)C. The van der Waals surface area contributed by atoms with Gasteiger partial charge < -0.3 is 0 Å². The van der Waals surface area contributed by atoms with Gasteiger partial charge >= 0.3 is 0 Å². The normalized spacial score (nSPS) is 18.5. The molecule has 2 unspecified atom stereocenters. The Labute approximate surface area is 163 Å². The molecule has 2 rings (SSSR count). The van der Waals surface area contributed by atoms with Gasteiger partial charge in [-0.2, -0.15) is 0 Å². The van der Waals surface area contributed by atoms with Crippen molar-refractivity contribution >= 4 is 6.08 Å². The summed E-state index contributed by atoms with van der Waals surface area (Å²) in [5.74, 6) is 1.34. The molecular formula is C26H40. The molecule has 0 nitrogen and oxygen atoms in total. The predicted molar refractivity (Wildman–Crippen MR) is 119 cm³/mol. The molecule has 0 spiro atoms. The van der Waals surface area contributed by atoms with Crippen LogP contribution in [-0.4, -0.2) is 0 Å². The Kier molecular flexibility index (Phi) is 8.13. The van der Waals surface area contributed by atoms with E-state index in [0.29, 0.717) is 16.7 Å². The van der Waals surface area contributed by atoms with Crippen LogP contribution >= 0.6 is 0 Å². The van der Waals surface area contributed by atoms with E-state index in [9.17, 15) is 0 Å². The molecule has 0 aliphatic heterocycles. The summed E-state index contributed by atoms with van der Waals surface area (Å²) < 4.78 is 0. The first kappa shape index (κ1) is 22.5. The van der Waals surface area contributed by atoms with Crippen molar-refractivity contribution in [2.45, 2.75) is 74.1 Å². The molecule has 1 aromatic carbocycles. The van der Waals surface area contributed by atoms with E-state index in [0.717, 1.165) is 12.3 Å². The monoisotopic (exact) mass is 352 g/mol. The van der Waals surface area contributed by atoms with Crippen LogP contribution in [0.15, 0.2) is 54.6 Å². The molecule has 2 atom stereocenters. The molecule has 0 amide bonds. The first-order valence-electron chi connectivity index (χ1n) is 10.0. The van der Waals surface area contributed by atoms with Crippen LogP contribution < -0.4 is 0 Å². The molecule has 0 N–H and O–H groups in total. The van der Waals surface area contributed by atoms with Gasteiger partial charge in [-0.05, 0) is 47.6 Å². The highest BCUT2D eigenvalue weighted by Gasteiger charge is 2.24. The van der Waals surface area contributed by atoms with Crippen LogP contribution in [0.2, 0.25) is 0 Å². The zero-order chi connectivity index (χ0) is 20.0. The molecule has 26 heavy (non-hydrogen) atoms. The molecule has 0 radical (unpaired) electrons. The third kappa shape index (κ3) is 7.36. The average Bonchev–Trinajstić information content (AvgIpc) is 2.53. The van der Waals surface area contributed by atoms with Gasteiger partial charge in [0.15, 0.2) is 0 Å². The third-order valence-corrected chi connectivity index (χ3v) is 5.40. The van der Waals surface area contributed by atoms with Crippen molar-refractivity contribution in [1.82, 2.24) is 0 Å². The standard InChI is InChI=1S/C15H16.C11H24/c1-3-13-9-5-7-11-15(13)14-10-6-4-8-12(14)2;1-9(11(5,6)7)8-10(2,3)4/h3-9,11,14H,1,10H2,2H3;9H,8H2,1-7H3. The van der Waals surface area contributed by atoms with Gasteiger partial charge in [-0.3, -0.25) is 0 Å². The van der Waals surface area contributed by atoms with Gasteiger partial charge in [-0.25, -0.2) is 0 Å². The zero-order valence-corrected chi connectivity index (χ0v) is 18.4. The van der Waals surface area contributed by atoms with Crippen molar-refractivity contribution in [3.8, 4) is 0 Å². The highest BCUT2D eigenvalue weighted by atomic mass is 14.3. The smallest absolute Gasteiger partial charge is 0.00890 e. The maximum Gasteiger partial charge on any atom is 0.00890 e. The molecule has 0 saturated heterocycles. The molecule has 1 aromatic rings. The van der Waals surface area contributed by atoms with E-state index in [-0.39, 0.29) is 0 Å². The molecule has 0 heteroatoms. The van der Waals surface area contributed by atoms with Crippen LogP contribution in [0, 0.1) is 16.7 Å². The minimum Gasteiger partial charge on any atom is -0.0985 e. The fourth-order valence-electron chi connectivity index (χ4n) is 3.35. The van der Waals surface area contributed by atoms with Gasteiger partial charge in [0.1, 0.15) is 0 Å². The van der Waals surface area contributed by atoms with E-state index >= 15 is 0 Å². The van der Waals surface area contributed by atoms with Gasteiger partial charge in [0.05, 0.1) is 0 Å². The van der Waals surface area contributed by atoms with Crippen LogP contribution in [0.5, 0.6) is 0 Å². The average molecular weight is 353 g/mol. The van der Waals surface area contributed by atoms with Crippen molar-refractivity contribution in [3.05, 3.63) is 65.8 Å². The quantitative estimate of drug-likeness (QED) is 0.512. The second-order valence-corrected chi connectivity index (χ2v) is 9.99. The number of rotatable bonds is 3. The lowest BCUT2D eigenvalue weighted by molar-refractivity contribution is 0.182. The largest absolute Gasteiger partial charge is 0.0985 e. The summed E-state index contributed by atoms with van der Waals surface area (Å²) in [5, 5.41) is 0. The second kappa shape index (κ2) is 9.40. The third-order valence-electron chi connectivity index (χ3n) is 5.40. The Hall–Kier alpha value is -1.56. The minimum absolute atomic E-state index is 0.466. The molecule has 1 aliphatic rings. The molecular weight excluding hydrogens is 312 g/mol. The van der Waals surface area contributed by atoms with E-state index < -0.39 is 0 Å². The van der Waals surface area contributed by atoms with E-state index in [2.05, 4.69) is 104 Å². The van der Waals surface area contributed by atoms with E-state index in [1.54, 1.807) is 0 Å². The Morgan fingerprint density at radius 3 is 2.19 bits per heavy atom. The number of benzene rings is 1. The van der Waals surface area contributed by atoms with Crippen LogP contribution in [0.25, 0.3) is 6.08 Å². The number of allylic oxidation sites excluding steroid dienone is 4. The lowest BCUT2D eigenvalue weighted by Crippen LogP contribution is -2.22. The van der Waals surface area contributed by atoms with Gasteiger partial charge in [-0.1, -0.05) is 109 Å². The maximum absolute atomic E-state index is 3.87. The van der Waals surface area contributed by atoms with Crippen LogP contribution in [0.3, 0.4) is 0 Å².